The molecule has 7 heteroatoms. The Bertz CT molecular complexity index is 709. The smallest absolute Gasteiger partial charge is 0.416 e. The van der Waals surface area contributed by atoms with Crippen molar-refractivity contribution in [2.75, 3.05) is 6.54 Å². The van der Waals surface area contributed by atoms with Crippen LogP contribution in [0.5, 0.6) is 0 Å². The van der Waals surface area contributed by atoms with Gasteiger partial charge in [-0.3, -0.25) is 9.78 Å². The second-order valence-electron chi connectivity index (χ2n) is 5.78. The molecule has 3 heterocycles. The normalized spacial score (nSPS) is 20.8. The van der Waals surface area contributed by atoms with Crippen LogP contribution in [0, 0.1) is 5.41 Å². The molecule has 0 bridgehead atoms. The molecule has 1 N–H and O–H groups in total. The molecule has 1 fully saturated rings. The molecule has 1 saturated heterocycles. The molecule has 1 unspecified atom stereocenters. The number of carbonyl (C=O) groups excluding carboxylic acids is 1. The molecular weight excluding hydrogens is 260 g/mol. The first-order valence-electron chi connectivity index (χ1n) is 6.36. The summed E-state index contributed by atoms with van der Waals surface area (Å²) in [5.74, 6) is -0.0368. The third-order valence-electron chi connectivity index (χ3n) is 3.74. The molecule has 0 saturated carbocycles. The molecule has 0 radical (unpaired) electrons. The van der Waals surface area contributed by atoms with Gasteiger partial charge < -0.3 is 13.9 Å². The zero-order chi connectivity index (χ0) is 14.5. The summed E-state index contributed by atoms with van der Waals surface area (Å²) < 4.78 is 6.53. The fourth-order valence-corrected chi connectivity index (χ4v) is 2.78. The fraction of sp³-hybridized carbons (Fsp3) is 0.462. The van der Waals surface area contributed by atoms with Gasteiger partial charge in [0.2, 0.25) is 0 Å². The minimum atomic E-state index is -0.623. The van der Waals surface area contributed by atoms with Crippen molar-refractivity contribution in [2.45, 2.75) is 19.9 Å². The second-order valence-corrected chi connectivity index (χ2v) is 5.78. The molecule has 1 amide bonds. The standard InChI is InChI=1S/C13H16N4O3/c1-13(2)7-17(9(13)10-14-4-5-16(10)3)11(18)8-6-20-12(19)15-8/h4-6,9H,7H2,1-3H3,(H,15,19). The van der Waals surface area contributed by atoms with Gasteiger partial charge in [0.25, 0.3) is 5.91 Å². The van der Waals surface area contributed by atoms with Crippen LogP contribution in [-0.2, 0) is 7.05 Å². The Morgan fingerprint density at radius 1 is 1.55 bits per heavy atom. The largest absolute Gasteiger partial charge is 0.416 e. The number of carbonyl (C=O) groups is 1. The first-order chi connectivity index (χ1) is 9.40. The third-order valence-corrected chi connectivity index (χ3v) is 3.74. The lowest BCUT2D eigenvalue weighted by atomic mass is 9.74. The van der Waals surface area contributed by atoms with E-state index in [1.54, 1.807) is 11.1 Å². The average molecular weight is 276 g/mol. The Morgan fingerprint density at radius 2 is 2.30 bits per heavy atom. The second kappa shape index (κ2) is 4.09. The lowest BCUT2D eigenvalue weighted by Gasteiger charge is -2.53. The predicted octanol–water partition coefficient (Wildman–Crippen LogP) is 0.925. The van der Waals surface area contributed by atoms with E-state index in [9.17, 15) is 9.59 Å². The third kappa shape index (κ3) is 1.77. The number of likely N-dealkylation sites (tertiary alicyclic amines) is 1. The maximum atomic E-state index is 12.4. The molecule has 7 nitrogen and oxygen atoms in total. The molecule has 0 aromatic carbocycles. The van der Waals surface area contributed by atoms with E-state index in [-0.39, 0.29) is 23.1 Å². The summed E-state index contributed by atoms with van der Waals surface area (Å²) in [6.07, 6.45) is 4.73. The molecule has 0 aliphatic carbocycles. The van der Waals surface area contributed by atoms with Crippen LogP contribution in [0.15, 0.2) is 27.9 Å². The van der Waals surface area contributed by atoms with Crippen LogP contribution in [0.2, 0.25) is 0 Å². The minimum Gasteiger partial charge on any atom is -0.416 e. The van der Waals surface area contributed by atoms with Gasteiger partial charge in [-0.05, 0) is 0 Å². The molecule has 2 aromatic heterocycles. The number of amides is 1. The minimum absolute atomic E-state index is 0.0567. The Balaban J connectivity index is 1.93. The van der Waals surface area contributed by atoms with Crippen molar-refractivity contribution < 1.29 is 9.21 Å². The van der Waals surface area contributed by atoms with E-state index < -0.39 is 5.76 Å². The number of aromatic nitrogens is 3. The van der Waals surface area contributed by atoms with Gasteiger partial charge in [-0.15, -0.1) is 0 Å². The lowest BCUT2D eigenvalue weighted by Crippen LogP contribution is -2.58. The highest BCUT2D eigenvalue weighted by molar-refractivity contribution is 5.92. The van der Waals surface area contributed by atoms with Crippen LogP contribution in [0.4, 0.5) is 0 Å². The van der Waals surface area contributed by atoms with Crippen molar-refractivity contribution in [2.24, 2.45) is 12.5 Å². The molecule has 0 spiro atoms. The number of nitrogens with one attached hydrogen (secondary N) is 1. The van der Waals surface area contributed by atoms with Crippen molar-refractivity contribution in [1.29, 1.82) is 0 Å². The van der Waals surface area contributed by atoms with Crippen LogP contribution < -0.4 is 5.76 Å². The average Bonchev–Trinajstić information content (AvgIpc) is 2.96. The topological polar surface area (TPSA) is 84.1 Å². The van der Waals surface area contributed by atoms with Gasteiger partial charge in [-0.25, -0.2) is 9.78 Å². The molecular formula is C13H16N4O3. The summed E-state index contributed by atoms with van der Waals surface area (Å²) in [5.41, 5.74) is 0.114. The van der Waals surface area contributed by atoms with E-state index in [4.69, 9.17) is 0 Å². The first-order valence-corrected chi connectivity index (χ1v) is 6.36. The van der Waals surface area contributed by atoms with Gasteiger partial charge in [0.1, 0.15) is 17.8 Å². The monoisotopic (exact) mass is 276 g/mol. The van der Waals surface area contributed by atoms with Crippen LogP contribution in [0.25, 0.3) is 0 Å². The Kier molecular flexibility index (Phi) is 2.60. The molecule has 1 atom stereocenters. The van der Waals surface area contributed by atoms with E-state index in [2.05, 4.69) is 28.2 Å². The predicted molar refractivity (Wildman–Crippen MR) is 70.1 cm³/mol. The highest BCUT2D eigenvalue weighted by Crippen LogP contribution is 2.48. The number of nitrogens with zero attached hydrogens (tertiary/aromatic N) is 3. The molecule has 1 aliphatic heterocycles. The number of oxazole rings is 1. The van der Waals surface area contributed by atoms with Crippen molar-refractivity contribution >= 4 is 5.91 Å². The molecule has 20 heavy (non-hydrogen) atoms. The van der Waals surface area contributed by atoms with E-state index in [0.29, 0.717) is 6.54 Å². The highest BCUT2D eigenvalue weighted by Gasteiger charge is 2.51. The van der Waals surface area contributed by atoms with Crippen molar-refractivity contribution in [3.63, 3.8) is 0 Å². The van der Waals surface area contributed by atoms with Gasteiger partial charge in [-0.2, -0.15) is 0 Å². The number of hydrogen-bond donors (Lipinski definition) is 1. The number of aromatic amines is 1. The molecule has 2 aromatic rings. The number of hydrogen-bond acceptors (Lipinski definition) is 4. The van der Waals surface area contributed by atoms with E-state index in [0.717, 1.165) is 12.1 Å². The number of imidazole rings is 1. The summed E-state index contributed by atoms with van der Waals surface area (Å²) in [6, 6.07) is -0.117. The van der Waals surface area contributed by atoms with Crippen molar-refractivity contribution in [1.82, 2.24) is 19.4 Å². The van der Waals surface area contributed by atoms with E-state index in [1.807, 2.05) is 17.8 Å². The Morgan fingerprint density at radius 3 is 2.80 bits per heavy atom. The highest BCUT2D eigenvalue weighted by atomic mass is 16.4. The summed E-state index contributed by atoms with van der Waals surface area (Å²) in [5, 5.41) is 0. The zero-order valence-electron chi connectivity index (χ0n) is 11.6. The van der Waals surface area contributed by atoms with Crippen LogP contribution in [-0.4, -0.2) is 31.9 Å². The van der Waals surface area contributed by atoms with Gasteiger partial charge >= 0.3 is 5.76 Å². The summed E-state index contributed by atoms with van der Waals surface area (Å²) >= 11 is 0. The van der Waals surface area contributed by atoms with Gasteiger partial charge in [-0.1, -0.05) is 13.8 Å². The lowest BCUT2D eigenvalue weighted by molar-refractivity contribution is -0.0378. The maximum absolute atomic E-state index is 12.4. The quantitative estimate of drug-likeness (QED) is 0.884. The summed E-state index contributed by atoms with van der Waals surface area (Å²) in [6.45, 7) is 4.79. The summed E-state index contributed by atoms with van der Waals surface area (Å²) in [7, 11) is 1.90. The van der Waals surface area contributed by atoms with Gasteiger partial charge in [0, 0.05) is 31.4 Å². The number of aryl methyl sites for hydroxylation is 1. The maximum Gasteiger partial charge on any atom is 0.416 e. The van der Waals surface area contributed by atoms with Gasteiger partial charge in [0.05, 0.1) is 6.04 Å². The van der Waals surface area contributed by atoms with E-state index in [1.165, 1.54) is 0 Å². The first kappa shape index (κ1) is 12.7. The van der Waals surface area contributed by atoms with Crippen molar-refractivity contribution in [3.05, 3.63) is 40.7 Å². The van der Waals surface area contributed by atoms with Gasteiger partial charge in [0.15, 0.2) is 0 Å². The summed E-state index contributed by atoms with van der Waals surface area (Å²) in [4.78, 5) is 31.8. The van der Waals surface area contributed by atoms with Crippen LogP contribution in [0.3, 0.4) is 0 Å². The number of H-pyrrole nitrogens is 1. The fourth-order valence-electron chi connectivity index (χ4n) is 2.78. The molecule has 106 valence electrons. The zero-order valence-corrected chi connectivity index (χ0v) is 11.6. The van der Waals surface area contributed by atoms with Crippen molar-refractivity contribution in [3.8, 4) is 0 Å². The SMILES string of the molecule is Cn1ccnc1C1N(C(=O)c2coc(=O)[nH]2)CC1(C)C. The Labute approximate surface area is 115 Å². The molecule has 1 aliphatic rings. The van der Waals surface area contributed by atoms with Crippen LogP contribution >= 0.6 is 0 Å². The molecule has 3 rings (SSSR count). The number of rotatable bonds is 2. The van der Waals surface area contributed by atoms with Crippen LogP contribution in [0.1, 0.15) is 36.2 Å². The van der Waals surface area contributed by atoms with E-state index >= 15 is 0 Å². The Hall–Kier alpha value is -2.31.